The highest BCUT2D eigenvalue weighted by atomic mass is 35.5. The molecule has 0 spiro atoms. The van der Waals surface area contributed by atoms with Crippen LogP contribution in [0.25, 0.3) is 11.3 Å². The minimum absolute atomic E-state index is 0.0452. The van der Waals surface area contributed by atoms with E-state index in [9.17, 15) is 5.11 Å². The Balaban J connectivity index is 1.50. The summed E-state index contributed by atoms with van der Waals surface area (Å²) in [4.78, 5) is 0. The van der Waals surface area contributed by atoms with Crippen molar-refractivity contribution in [2.75, 3.05) is 0 Å². The summed E-state index contributed by atoms with van der Waals surface area (Å²) in [5.74, 6) is 1.68. The molecule has 4 rings (SSSR count). The Kier molecular flexibility index (Phi) is 5.60. The van der Waals surface area contributed by atoms with Crippen molar-refractivity contribution < 1.29 is 14.6 Å². The van der Waals surface area contributed by atoms with Gasteiger partial charge in [-0.3, -0.25) is 5.10 Å². The van der Waals surface area contributed by atoms with Gasteiger partial charge in [0.2, 0.25) is 0 Å². The minimum atomic E-state index is 0.0452. The second-order valence-corrected chi connectivity index (χ2v) is 7.13. The van der Waals surface area contributed by atoms with Crippen LogP contribution in [0.15, 0.2) is 72.9 Å². The van der Waals surface area contributed by atoms with Crippen molar-refractivity contribution >= 4 is 23.2 Å². The van der Waals surface area contributed by atoms with Crippen LogP contribution in [0.4, 0.5) is 0 Å². The lowest BCUT2D eigenvalue weighted by Crippen LogP contribution is -1.95. The first-order valence-electron chi connectivity index (χ1n) is 8.76. The average Bonchev–Trinajstić information content (AvgIpc) is 3.17. The number of phenols is 1. The number of hydrogen-bond acceptors (Lipinski definition) is 4. The van der Waals surface area contributed by atoms with Crippen molar-refractivity contribution in [1.29, 1.82) is 0 Å². The second-order valence-electron chi connectivity index (χ2n) is 6.26. The highest BCUT2D eigenvalue weighted by Gasteiger charge is 2.15. The molecule has 0 bridgehead atoms. The van der Waals surface area contributed by atoms with Crippen molar-refractivity contribution in [3.05, 3.63) is 88.5 Å². The van der Waals surface area contributed by atoms with Crippen molar-refractivity contribution in [3.8, 4) is 34.3 Å². The zero-order valence-electron chi connectivity index (χ0n) is 15.1. The van der Waals surface area contributed by atoms with Gasteiger partial charge < -0.3 is 14.6 Å². The number of benzene rings is 3. The van der Waals surface area contributed by atoms with E-state index >= 15 is 0 Å². The predicted octanol–water partition coefficient (Wildman–Crippen LogP) is 6.46. The molecule has 5 nitrogen and oxygen atoms in total. The van der Waals surface area contributed by atoms with E-state index in [-0.39, 0.29) is 5.75 Å². The lowest BCUT2D eigenvalue weighted by Gasteiger charge is -2.10. The molecule has 0 atom stereocenters. The van der Waals surface area contributed by atoms with Gasteiger partial charge in [-0.05, 0) is 54.1 Å². The van der Waals surface area contributed by atoms with Crippen LogP contribution in [0.1, 0.15) is 5.56 Å². The molecule has 0 unspecified atom stereocenters. The Morgan fingerprint density at radius 2 is 1.52 bits per heavy atom. The van der Waals surface area contributed by atoms with Crippen LogP contribution in [-0.2, 0) is 6.61 Å². The van der Waals surface area contributed by atoms with Crippen LogP contribution in [0.2, 0.25) is 10.0 Å². The van der Waals surface area contributed by atoms with Crippen LogP contribution in [0.3, 0.4) is 0 Å². The molecule has 29 heavy (non-hydrogen) atoms. The molecule has 0 aliphatic carbocycles. The molecule has 0 amide bonds. The molecule has 0 aliphatic heterocycles. The number of H-pyrrole nitrogens is 1. The first-order valence-corrected chi connectivity index (χ1v) is 9.51. The van der Waals surface area contributed by atoms with E-state index in [1.807, 2.05) is 12.1 Å². The van der Waals surface area contributed by atoms with Gasteiger partial charge in [-0.25, -0.2) is 0 Å². The molecule has 1 aromatic heterocycles. The van der Waals surface area contributed by atoms with Crippen LogP contribution >= 0.6 is 23.2 Å². The van der Waals surface area contributed by atoms with Crippen LogP contribution in [0, 0.1) is 0 Å². The summed E-state index contributed by atoms with van der Waals surface area (Å²) in [7, 11) is 0. The number of nitrogens with zero attached hydrogens (tertiary/aromatic N) is 1. The summed E-state index contributed by atoms with van der Waals surface area (Å²) in [5.41, 5.74) is 2.08. The van der Waals surface area contributed by atoms with Gasteiger partial charge in [-0.2, -0.15) is 5.10 Å². The molecule has 1 heterocycles. The van der Waals surface area contributed by atoms with Gasteiger partial charge in [0, 0.05) is 21.7 Å². The van der Waals surface area contributed by atoms with Gasteiger partial charge in [0.05, 0.1) is 6.20 Å². The molecular weight excluding hydrogens is 411 g/mol. The molecule has 4 aromatic rings. The number of aromatic amines is 1. The molecule has 3 aromatic carbocycles. The minimum Gasteiger partial charge on any atom is -0.507 e. The van der Waals surface area contributed by atoms with E-state index in [0.717, 1.165) is 5.56 Å². The zero-order valence-corrected chi connectivity index (χ0v) is 16.6. The van der Waals surface area contributed by atoms with Gasteiger partial charge in [0.15, 0.2) is 5.75 Å². The Labute approximate surface area is 177 Å². The number of halogens is 2. The maximum absolute atomic E-state index is 10.5. The highest BCUT2D eigenvalue weighted by molar-refractivity contribution is 6.30. The van der Waals surface area contributed by atoms with Crippen LogP contribution in [-0.4, -0.2) is 15.3 Å². The summed E-state index contributed by atoms with van der Waals surface area (Å²) >= 11 is 11.8. The molecule has 2 N–H and O–H groups in total. The van der Waals surface area contributed by atoms with Crippen LogP contribution in [0.5, 0.6) is 23.0 Å². The fourth-order valence-electron chi connectivity index (χ4n) is 2.73. The van der Waals surface area contributed by atoms with Crippen molar-refractivity contribution in [2.45, 2.75) is 6.61 Å². The first kappa shape index (κ1) is 19.2. The Hall–Kier alpha value is -3.15. The average molecular weight is 427 g/mol. The topological polar surface area (TPSA) is 67.4 Å². The fourth-order valence-corrected chi connectivity index (χ4v) is 2.99. The fraction of sp³-hybridized carbons (Fsp3) is 0.0455. The third-order valence-electron chi connectivity index (χ3n) is 4.20. The van der Waals surface area contributed by atoms with Gasteiger partial charge >= 0.3 is 0 Å². The third kappa shape index (κ3) is 4.65. The summed E-state index contributed by atoms with van der Waals surface area (Å²) in [5, 5.41) is 18.7. The Bertz CT molecular complexity index is 1110. The number of hydrogen-bond donors (Lipinski definition) is 2. The van der Waals surface area contributed by atoms with Crippen molar-refractivity contribution in [1.82, 2.24) is 10.2 Å². The molecule has 146 valence electrons. The van der Waals surface area contributed by atoms with E-state index in [2.05, 4.69) is 10.2 Å². The lowest BCUT2D eigenvalue weighted by atomic mass is 10.1. The molecule has 0 saturated carbocycles. The maximum Gasteiger partial charge on any atom is 0.173 e. The maximum atomic E-state index is 10.5. The SMILES string of the molecule is Oc1cc(OCc2ccc(Cl)cc2)ccc1-c1[nH]ncc1Oc1ccc(Cl)cc1. The summed E-state index contributed by atoms with van der Waals surface area (Å²) in [6.45, 7) is 0.366. The van der Waals surface area contributed by atoms with Gasteiger partial charge in [-0.15, -0.1) is 0 Å². The van der Waals surface area contributed by atoms with E-state index < -0.39 is 0 Å². The highest BCUT2D eigenvalue weighted by Crippen LogP contribution is 2.38. The van der Waals surface area contributed by atoms with Gasteiger partial charge in [0.25, 0.3) is 0 Å². The molecule has 0 saturated heterocycles. The molecule has 0 fully saturated rings. The quantitative estimate of drug-likeness (QED) is 0.371. The van der Waals surface area contributed by atoms with E-state index in [1.165, 1.54) is 0 Å². The number of rotatable bonds is 6. The van der Waals surface area contributed by atoms with E-state index in [0.29, 0.717) is 45.2 Å². The summed E-state index contributed by atoms with van der Waals surface area (Å²) in [6.07, 6.45) is 1.55. The second kappa shape index (κ2) is 8.47. The number of nitrogens with one attached hydrogen (secondary N) is 1. The molecule has 0 radical (unpaired) electrons. The number of phenolic OH excluding ortho intramolecular Hbond substituents is 1. The Morgan fingerprint density at radius 3 is 2.21 bits per heavy atom. The standard InChI is InChI=1S/C22H16Cl2N2O3/c23-15-3-1-14(2-4-15)13-28-18-9-10-19(20(27)11-18)22-21(12-25-26-22)29-17-7-5-16(24)6-8-17/h1-12,27H,13H2,(H,25,26). The Morgan fingerprint density at radius 1 is 0.862 bits per heavy atom. The van der Waals surface area contributed by atoms with Crippen molar-refractivity contribution in [3.63, 3.8) is 0 Å². The molecule has 0 aliphatic rings. The molecule has 7 heteroatoms. The third-order valence-corrected chi connectivity index (χ3v) is 4.71. The monoisotopic (exact) mass is 426 g/mol. The smallest absolute Gasteiger partial charge is 0.173 e. The predicted molar refractivity (Wildman–Crippen MR) is 113 cm³/mol. The van der Waals surface area contributed by atoms with E-state index in [1.54, 1.807) is 60.8 Å². The largest absolute Gasteiger partial charge is 0.507 e. The summed E-state index contributed by atoms with van der Waals surface area (Å²) in [6, 6.07) is 19.5. The summed E-state index contributed by atoms with van der Waals surface area (Å²) < 4.78 is 11.6. The molecular formula is C22H16Cl2N2O3. The number of ether oxygens (including phenoxy) is 2. The zero-order chi connectivity index (χ0) is 20.2. The van der Waals surface area contributed by atoms with E-state index in [4.69, 9.17) is 32.7 Å². The first-order chi connectivity index (χ1) is 14.1. The lowest BCUT2D eigenvalue weighted by molar-refractivity contribution is 0.304. The van der Waals surface area contributed by atoms with Crippen molar-refractivity contribution in [2.24, 2.45) is 0 Å². The van der Waals surface area contributed by atoms with Crippen LogP contribution < -0.4 is 9.47 Å². The number of aromatic nitrogens is 2. The van der Waals surface area contributed by atoms with Gasteiger partial charge in [0.1, 0.15) is 29.5 Å². The van der Waals surface area contributed by atoms with Gasteiger partial charge in [-0.1, -0.05) is 35.3 Å². The number of aromatic hydroxyl groups is 1. The normalized spacial score (nSPS) is 10.7.